The molecule has 0 spiro atoms. The number of nitrogens with zero attached hydrogens (tertiary/aromatic N) is 1. The van der Waals surface area contributed by atoms with E-state index in [1.54, 1.807) is 24.3 Å². The molecule has 0 saturated heterocycles. The van der Waals surface area contributed by atoms with Crippen molar-refractivity contribution < 1.29 is 18.0 Å². The van der Waals surface area contributed by atoms with Gasteiger partial charge in [0.15, 0.2) is 0 Å². The van der Waals surface area contributed by atoms with Gasteiger partial charge < -0.3 is 11.1 Å². The minimum atomic E-state index is -4.45. The Morgan fingerprint density at radius 3 is 2.68 bits per heavy atom. The quantitative estimate of drug-likeness (QED) is 0.877. The van der Waals surface area contributed by atoms with Gasteiger partial charge in [0.2, 0.25) is 0 Å². The molecule has 0 saturated carbocycles. The number of para-hydroxylation sites is 1. The van der Waals surface area contributed by atoms with Crippen molar-refractivity contribution >= 4 is 22.6 Å². The van der Waals surface area contributed by atoms with Crippen LogP contribution in [0.3, 0.4) is 0 Å². The summed E-state index contributed by atoms with van der Waals surface area (Å²) in [6.45, 7) is -1.39. The first-order valence-electron chi connectivity index (χ1n) is 5.37. The van der Waals surface area contributed by atoms with Crippen molar-refractivity contribution in [3.8, 4) is 0 Å². The number of hydrogen-bond acceptors (Lipinski definition) is 3. The number of aromatic nitrogens is 1. The molecule has 19 heavy (non-hydrogen) atoms. The van der Waals surface area contributed by atoms with E-state index in [1.165, 1.54) is 6.07 Å². The number of alkyl halides is 3. The molecule has 0 radical (unpaired) electrons. The van der Waals surface area contributed by atoms with Crippen LogP contribution in [0.5, 0.6) is 0 Å². The topological polar surface area (TPSA) is 68.0 Å². The Labute approximate surface area is 106 Å². The lowest BCUT2D eigenvalue weighted by Crippen LogP contribution is -2.33. The van der Waals surface area contributed by atoms with Gasteiger partial charge in [0.05, 0.1) is 11.1 Å². The van der Waals surface area contributed by atoms with E-state index in [-0.39, 0.29) is 11.4 Å². The van der Waals surface area contributed by atoms with Crippen molar-refractivity contribution in [2.45, 2.75) is 6.18 Å². The number of nitrogens with two attached hydrogens (primary N) is 1. The summed E-state index contributed by atoms with van der Waals surface area (Å²) in [5.74, 6) is -0.751. The molecule has 0 unspecified atom stereocenters. The number of anilines is 1. The Kier molecular flexibility index (Phi) is 3.28. The first kappa shape index (κ1) is 13.1. The van der Waals surface area contributed by atoms with Crippen molar-refractivity contribution in [2.75, 3.05) is 12.3 Å². The highest BCUT2D eigenvalue weighted by Gasteiger charge is 2.28. The van der Waals surface area contributed by atoms with Gasteiger partial charge in [0, 0.05) is 5.39 Å². The van der Waals surface area contributed by atoms with E-state index < -0.39 is 18.6 Å². The molecule has 1 heterocycles. The van der Waals surface area contributed by atoms with Gasteiger partial charge in [-0.3, -0.25) is 4.79 Å². The van der Waals surface area contributed by atoms with Crippen LogP contribution in [0, 0.1) is 0 Å². The molecule has 0 aliphatic carbocycles. The highest BCUT2D eigenvalue weighted by Crippen LogP contribution is 2.20. The molecular formula is C12H10F3N3O. The second kappa shape index (κ2) is 4.75. The zero-order chi connectivity index (χ0) is 14.0. The van der Waals surface area contributed by atoms with E-state index in [1.807, 2.05) is 5.32 Å². The van der Waals surface area contributed by atoms with Crippen molar-refractivity contribution in [1.82, 2.24) is 10.3 Å². The van der Waals surface area contributed by atoms with Crippen LogP contribution >= 0.6 is 0 Å². The fourth-order valence-corrected chi connectivity index (χ4v) is 1.66. The molecule has 4 nitrogen and oxygen atoms in total. The van der Waals surface area contributed by atoms with Gasteiger partial charge in [0.1, 0.15) is 12.4 Å². The smallest absolute Gasteiger partial charge is 0.384 e. The number of amides is 1. The molecule has 0 aliphatic rings. The predicted octanol–water partition coefficient (Wildman–Crippen LogP) is 2.11. The third-order valence-electron chi connectivity index (χ3n) is 2.43. The fourth-order valence-electron chi connectivity index (χ4n) is 1.66. The molecule has 0 aliphatic heterocycles. The molecule has 1 aromatic heterocycles. The third-order valence-corrected chi connectivity index (χ3v) is 2.43. The zero-order valence-electron chi connectivity index (χ0n) is 9.66. The average molecular weight is 269 g/mol. The number of carbonyl (C=O) groups is 1. The number of nitrogens with one attached hydrogen (secondary N) is 1. The maximum absolute atomic E-state index is 12.1. The van der Waals surface area contributed by atoms with E-state index in [0.29, 0.717) is 10.9 Å². The van der Waals surface area contributed by atoms with Crippen LogP contribution in [0.1, 0.15) is 10.4 Å². The van der Waals surface area contributed by atoms with Gasteiger partial charge in [-0.1, -0.05) is 18.2 Å². The van der Waals surface area contributed by atoms with Gasteiger partial charge in [-0.2, -0.15) is 13.2 Å². The van der Waals surface area contributed by atoms with Crippen LogP contribution < -0.4 is 11.1 Å². The molecule has 1 aromatic carbocycles. The number of halogens is 3. The van der Waals surface area contributed by atoms with E-state index >= 15 is 0 Å². The summed E-state index contributed by atoms with van der Waals surface area (Å²) in [6.07, 6.45) is -4.45. The normalized spacial score (nSPS) is 11.5. The van der Waals surface area contributed by atoms with Crippen LogP contribution in [0.2, 0.25) is 0 Å². The fraction of sp³-hybridized carbons (Fsp3) is 0.167. The molecule has 1 amide bonds. The van der Waals surface area contributed by atoms with Crippen LogP contribution in [0.4, 0.5) is 19.0 Å². The summed E-state index contributed by atoms with van der Waals surface area (Å²) in [7, 11) is 0. The summed E-state index contributed by atoms with van der Waals surface area (Å²) in [6, 6.07) is 7.86. The van der Waals surface area contributed by atoms with E-state index in [4.69, 9.17) is 5.73 Å². The number of benzene rings is 1. The second-order valence-corrected chi connectivity index (χ2v) is 3.91. The summed E-state index contributed by atoms with van der Waals surface area (Å²) in [5.41, 5.74) is 6.07. The number of hydrogen-bond donors (Lipinski definition) is 2. The van der Waals surface area contributed by atoms with Gasteiger partial charge in [0.25, 0.3) is 5.91 Å². The lowest BCUT2D eigenvalue weighted by molar-refractivity contribution is -0.123. The Hall–Kier alpha value is -2.31. The summed E-state index contributed by atoms with van der Waals surface area (Å²) < 4.78 is 36.2. The monoisotopic (exact) mass is 269 g/mol. The minimum absolute atomic E-state index is 0.0763. The Morgan fingerprint density at radius 1 is 1.32 bits per heavy atom. The highest BCUT2D eigenvalue weighted by atomic mass is 19.4. The van der Waals surface area contributed by atoms with Crippen molar-refractivity contribution in [1.29, 1.82) is 0 Å². The highest BCUT2D eigenvalue weighted by molar-refractivity contribution is 6.06. The van der Waals surface area contributed by atoms with Crippen molar-refractivity contribution in [3.63, 3.8) is 0 Å². The first-order valence-corrected chi connectivity index (χ1v) is 5.37. The maximum Gasteiger partial charge on any atom is 0.405 e. The molecular weight excluding hydrogens is 259 g/mol. The molecule has 3 N–H and O–H groups in total. The lowest BCUT2D eigenvalue weighted by atomic mass is 10.1. The standard InChI is InChI=1S/C12H10F3N3O/c13-12(14,15)6-17-11(19)8-5-10(16)18-9-4-2-1-3-7(8)9/h1-5H,6H2,(H2,16,18)(H,17,19). The van der Waals surface area contributed by atoms with Gasteiger partial charge in [-0.15, -0.1) is 0 Å². The average Bonchev–Trinajstić information content (AvgIpc) is 2.34. The Morgan fingerprint density at radius 2 is 2.00 bits per heavy atom. The second-order valence-electron chi connectivity index (χ2n) is 3.91. The summed E-state index contributed by atoms with van der Waals surface area (Å²) in [5, 5.41) is 2.27. The number of rotatable bonds is 2. The molecule has 2 aromatic rings. The SMILES string of the molecule is Nc1cc(C(=O)NCC(F)(F)F)c2ccccc2n1. The van der Waals surface area contributed by atoms with Crippen LogP contribution in [0.25, 0.3) is 10.9 Å². The number of fused-ring (bicyclic) bond motifs is 1. The van der Waals surface area contributed by atoms with E-state index in [0.717, 1.165) is 0 Å². The summed E-state index contributed by atoms with van der Waals surface area (Å²) in [4.78, 5) is 15.8. The molecule has 0 fully saturated rings. The van der Waals surface area contributed by atoms with Gasteiger partial charge in [-0.05, 0) is 12.1 Å². The predicted molar refractivity (Wildman–Crippen MR) is 64.5 cm³/mol. The first-order chi connectivity index (χ1) is 8.87. The van der Waals surface area contributed by atoms with Crippen LogP contribution in [-0.2, 0) is 0 Å². The molecule has 0 atom stereocenters. The zero-order valence-corrected chi connectivity index (χ0v) is 9.66. The van der Waals surface area contributed by atoms with Crippen LogP contribution in [0.15, 0.2) is 30.3 Å². The number of nitrogen functional groups attached to an aromatic ring is 1. The maximum atomic E-state index is 12.1. The van der Waals surface area contributed by atoms with Crippen LogP contribution in [-0.4, -0.2) is 23.6 Å². The molecule has 100 valence electrons. The van der Waals surface area contributed by atoms with Crippen molar-refractivity contribution in [2.24, 2.45) is 0 Å². The van der Waals surface area contributed by atoms with Gasteiger partial charge in [-0.25, -0.2) is 4.98 Å². The molecule has 2 rings (SSSR count). The Bertz CT molecular complexity index is 625. The Balaban J connectivity index is 2.36. The van der Waals surface area contributed by atoms with Gasteiger partial charge >= 0.3 is 6.18 Å². The number of carbonyl (C=O) groups excluding carboxylic acids is 1. The number of pyridine rings is 1. The minimum Gasteiger partial charge on any atom is -0.384 e. The molecule has 7 heteroatoms. The lowest BCUT2D eigenvalue weighted by Gasteiger charge is -2.10. The van der Waals surface area contributed by atoms with Crippen molar-refractivity contribution in [3.05, 3.63) is 35.9 Å². The summed E-state index contributed by atoms with van der Waals surface area (Å²) >= 11 is 0. The van der Waals surface area contributed by atoms with E-state index in [9.17, 15) is 18.0 Å². The molecule has 0 bridgehead atoms. The largest absolute Gasteiger partial charge is 0.405 e. The van der Waals surface area contributed by atoms with E-state index in [2.05, 4.69) is 4.98 Å². The third kappa shape index (κ3) is 3.12.